The van der Waals surface area contributed by atoms with Crippen LogP contribution in [0.4, 0.5) is 0 Å². The van der Waals surface area contributed by atoms with Gasteiger partial charge in [0, 0.05) is 14.2 Å². The molecule has 0 fully saturated rings. The topological polar surface area (TPSA) is 97.4 Å². The summed E-state index contributed by atoms with van der Waals surface area (Å²) in [5.74, 6) is -2.52. The summed E-state index contributed by atoms with van der Waals surface area (Å²) in [6.45, 7) is 0. The van der Waals surface area contributed by atoms with Crippen LogP contribution >= 0.6 is 0 Å². The first-order chi connectivity index (χ1) is 17.5. The van der Waals surface area contributed by atoms with Crippen LogP contribution in [0.3, 0.4) is 0 Å². The van der Waals surface area contributed by atoms with Crippen LogP contribution in [-0.2, 0) is 38.1 Å². The van der Waals surface area contributed by atoms with Crippen molar-refractivity contribution in [2.45, 2.75) is 24.4 Å². The van der Waals surface area contributed by atoms with Crippen molar-refractivity contribution in [2.24, 2.45) is 0 Å². The molecule has 0 spiro atoms. The van der Waals surface area contributed by atoms with E-state index in [1.807, 2.05) is 0 Å². The van der Waals surface area contributed by atoms with Crippen LogP contribution in [0.5, 0.6) is 0 Å². The molecule has 0 saturated heterocycles. The van der Waals surface area contributed by atoms with E-state index in [-0.39, 0.29) is 0 Å². The Morgan fingerprint density at radius 3 is 1.31 bits per heavy atom. The molecule has 0 aliphatic carbocycles. The molecule has 36 heavy (non-hydrogen) atoms. The van der Waals surface area contributed by atoms with Crippen molar-refractivity contribution in [1.82, 2.24) is 0 Å². The minimum absolute atomic E-state index is 0.422. The van der Waals surface area contributed by atoms with Gasteiger partial charge in [0.1, 0.15) is 0 Å². The third-order valence-electron chi connectivity index (χ3n) is 5.43. The first kappa shape index (κ1) is 26.6. The lowest BCUT2D eigenvalue weighted by Gasteiger charge is -2.28. The van der Waals surface area contributed by atoms with Crippen molar-refractivity contribution in [3.8, 4) is 0 Å². The summed E-state index contributed by atoms with van der Waals surface area (Å²) in [5.41, 5.74) is 1.52. The standard InChI is InChI=1S/C28H28O8/c1-32-23(20-15-9-5-10-16-20)27(30)35-22(19-13-7-4-8-14-19)25(26(29)34-3)36-28(31)24(33-2)21-17-11-6-12-18-21/h4-18,22-25H,1-3H3/t22-,23+,24+,25+/m1/s1. The number of hydrogen-bond donors (Lipinski definition) is 0. The van der Waals surface area contributed by atoms with Crippen molar-refractivity contribution in [1.29, 1.82) is 0 Å². The molecule has 3 aromatic rings. The molecule has 0 amide bonds. The van der Waals surface area contributed by atoms with Gasteiger partial charge in [0.15, 0.2) is 18.3 Å². The van der Waals surface area contributed by atoms with E-state index >= 15 is 0 Å². The Morgan fingerprint density at radius 1 is 0.528 bits per heavy atom. The van der Waals surface area contributed by atoms with Gasteiger partial charge < -0.3 is 23.7 Å². The summed E-state index contributed by atoms with van der Waals surface area (Å²) in [7, 11) is 3.88. The smallest absolute Gasteiger partial charge is 0.351 e. The lowest BCUT2D eigenvalue weighted by Crippen LogP contribution is -2.39. The second kappa shape index (κ2) is 13.2. The Hall–Kier alpha value is -4.01. The van der Waals surface area contributed by atoms with Crippen LogP contribution in [0.1, 0.15) is 35.0 Å². The van der Waals surface area contributed by atoms with Crippen LogP contribution in [0.2, 0.25) is 0 Å². The Bertz CT molecular complexity index is 1120. The fourth-order valence-electron chi connectivity index (χ4n) is 3.66. The summed E-state index contributed by atoms with van der Waals surface area (Å²) in [5, 5.41) is 0. The average molecular weight is 493 g/mol. The van der Waals surface area contributed by atoms with Gasteiger partial charge in [-0.15, -0.1) is 0 Å². The molecule has 8 heteroatoms. The molecule has 3 aromatic carbocycles. The highest BCUT2D eigenvalue weighted by Gasteiger charge is 2.40. The minimum atomic E-state index is -1.61. The van der Waals surface area contributed by atoms with E-state index in [1.54, 1.807) is 91.0 Å². The van der Waals surface area contributed by atoms with E-state index in [9.17, 15) is 14.4 Å². The van der Waals surface area contributed by atoms with E-state index in [2.05, 4.69) is 0 Å². The molecule has 0 saturated carbocycles. The zero-order valence-corrected chi connectivity index (χ0v) is 20.2. The number of benzene rings is 3. The highest BCUT2D eigenvalue weighted by Crippen LogP contribution is 2.30. The van der Waals surface area contributed by atoms with E-state index in [0.717, 1.165) is 7.11 Å². The number of methoxy groups -OCH3 is 3. The molecule has 0 aliphatic heterocycles. The first-order valence-corrected chi connectivity index (χ1v) is 11.2. The van der Waals surface area contributed by atoms with Crippen molar-refractivity contribution in [3.05, 3.63) is 108 Å². The van der Waals surface area contributed by atoms with Crippen molar-refractivity contribution < 1.29 is 38.1 Å². The number of hydrogen-bond acceptors (Lipinski definition) is 8. The fraction of sp³-hybridized carbons (Fsp3) is 0.250. The zero-order valence-electron chi connectivity index (χ0n) is 20.2. The summed E-state index contributed by atoms with van der Waals surface area (Å²) >= 11 is 0. The maximum Gasteiger partial charge on any atom is 0.351 e. The summed E-state index contributed by atoms with van der Waals surface area (Å²) in [6, 6.07) is 25.9. The lowest BCUT2D eigenvalue weighted by atomic mass is 10.0. The number of rotatable bonds is 11. The maximum atomic E-state index is 13.2. The molecule has 0 N–H and O–H groups in total. The van der Waals surface area contributed by atoms with Crippen LogP contribution in [0.15, 0.2) is 91.0 Å². The van der Waals surface area contributed by atoms with E-state index in [0.29, 0.717) is 16.7 Å². The van der Waals surface area contributed by atoms with Crippen molar-refractivity contribution in [2.75, 3.05) is 21.3 Å². The molecule has 0 aliphatic rings. The lowest BCUT2D eigenvalue weighted by molar-refractivity contribution is -0.190. The highest BCUT2D eigenvalue weighted by molar-refractivity contribution is 5.83. The molecule has 0 unspecified atom stereocenters. The Morgan fingerprint density at radius 2 is 0.917 bits per heavy atom. The quantitative estimate of drug-likeness (QED) is 0.291. The number of carbonyl (C=O) groups excluding carboxylic acids is 3. The van der Waals surface area contributed by atoms with Gasteiger partial charge in [-0.3, -0.25) is 0 Å². The molecular formula is C28H28O8. The van der Waals surface area contributed by atoms with Crippen molar-refractivity contribution in [3.63, 3.8) is 0 Å². The normalized spacial score (nSPS) is 14.1. The van der Waals surface area contributed by atoms with Gasteiger partial charge in [0.25, 0.3) is 0 Å². The summed E-state index contributed by atoms with van der Waals surface area (Å²) in [4.78, 5) is 39.2. The minimum Gasteiger partial charge on any atom is -0.466 e. The molecule has 3 rings (SSSR count). The molecule has 0 aromatic heterocycles. The molecule has 0 bridgehead atoms. The van der Waals surface area contributed by atoms with Gasteiger partial charge >= 0.3 is 17.9 Å². The van der Waals surface area contributed by atoms with E-state index in [4.69, 9.17) is 23.7 Å². The molecule has 188 valence electrons. The maximum absolute atomic E-state index is 13.2. The Kier molecular flexibility index (Phi) is 9.73. The van der Waals surface area contributed by atoms with E-state index in [1.165, 1.54) is 14.2 Å². The molecule has 0 heterocycles. The number of esters is 3. The Balaban J connectivity index is 1.94. The van der Waals surface area contributed by atoms with Gasteiger partial charge in [0.05, 0.1) is 7.11 Å². The molecule has 0 radical (unpaired) electrons. The van der Waals surface area contributed by atoms with Gasteiger partial charge in [-0.2, -0.15) is 0 Å². The van der Waals surface area contributed by atoms with Crippen LogP contribution in [0, 0.1) is 0 Å². The zero-order chi connectivity index (χ0) is 25.9. The average Bonchev–Trinajstić information content (AvgIpc) is 2.92. The highest BCUT2D eigenvalue weighted by atomic mass is 16.6. The summed E-state index contributed by atoms with van der Waals surface area (Å²) < 4.78 is 27.0. The third kappa shape index (κ3) is 6.56. The van der Waals surface area contributed by atoms with Crippen LogP contribution in [0.25, 0.3) is 0 Å². The predicted octanol–water partition coefficient (Wildman–Crippen LogP) is 4.13. The van der Waals surface area contributed by atoms with Gasteiger partial charge in [0.2, 0.25) is 6.10 Å². The second-order valence-corrected chi connectivity index (χ2v) is 7.70. The largest absolute Gasteiger partial charge is 0.466 e. The predicted molar refractivity (Wildman–Crippen MR) is 130 cm³/mol. The van der Waals surface area contributed by atoms with Gasteiger partial charge in [-0.25, -0.2) is 14.4 Å². The first-order valence-electron chi connectivity index (χ1n) is 11.2. The van der Waals surface area contributed by atoms with E-state index < -0.39 is 42.3 Å². The van der Waals surface area contributed by atoms with Crippen molar-refractivity contribution >= 4 is 17.9 Å². The summed E-state index contributed by atoms with van der Waals surface area (Å²) in [6.07, 6.45) is -5.10. The molecule has 8 nitrogen and oxygen atoms in total. The van der Waals surface area contributed by atoms with Crippen LogP contribution < -0.4 is 0 Å². The van der Waals surface area contributed by atoms with Crippen LogP contribution in [-0.4, -0.2) is 45.3 Å². The Labute approximate surface area is 209 Å². The number of ether oxygens (including phenoxy) is 5. The monoisotopic (exact) mass is 492 g/mol. The van der Waals surface area contributed by atoms with Gasteiger partial charge in [-0.1, -0.05) is 91.0 Å². The second-order valence-electron chi connectivity index (χ2n) is 7.70. The van der Waals surface area contributed by atoms with Gasteiger partial charge in [-0.05, 0) is 16.7 Å². The molecular weight excluding hydrogens is 464 g/mol. The fourth-order valence-corrected chi connectivity index (χ4v) is 3.66. The molecule has 4 atom stereocenters. The SMILES string of the molecule is COC(=O)[C@@H](OC(=O)[C@@H](OC)c1ccccc1)[C@H](OC(=O)[C@@H](OC)c1ccccc1)c1ccccc1. The number of carbonyl (C=O) groups is 3. The third-order valence-corrected chi connectivity index (χ3v) is 5.43.